The third kappa shape index (κ3) is 3.48. The highest BCUT2D eigenvalue weighted by molar-refractivity contribution is 5.87. The summed E-state index contributed by atoms with van der Waals surface area (Å²) in [4.78, 5) is 24.9. The summed E-state index contributed by atoms with van der Waals surface area (Å²) in [6, 6.07) is -0.433. The number of nitrogens with one attached hydrogen (secondary N) is 2. The molecule has 1 aliphatic rings. The lowest BCUT2D eigenvalue weighted by Gasteiger charge is -2.24. The molecule has 1 atom stereocenters. The van der Waals surface area contributed by atoms with E-state index >= 15 is 0 Å². The van der Waals surface area contributed by atoms with E-state index in [1.54, 1.807) is 21.0 Å². The molecule has 16 heavy (non-hydrogen) atoms. The maximum Gasteiger partial charge on any atom is 0.244 e. The molecule has 5 nitrogen and oxygen atoms in total. The predicted octanol–water partition coefficient (Wildman–Crippen LogP) is -0.421. The van der Waals surface area contributed by atoms with E-state index in [2.05, 4.69) is 10.6 Å². The van der Waals surface area contributed by atoms with Crippen LogP contribution in [0, 0.1) is 5.92 Å². The number of hydrogen-bond donors (Lipinski definition) is 2. The summed E-state index contributed by atoms with van der Waals surface area (Å²) in [7, 11) is 3.38. The molecule has 92 valence electrons. The van der Waals surface area contributed by atoms with Crippen LogP contribution >= 0.6 is 0 Å². The molecule has 0 saturated carbocycles. The van der Waals surface area contributed by atoms with Gasteiger partial charge >= 0.3 is 0 Å². The summed E-state index contributed by atoms with van der Waals surface area (Å²) >= 11 is 0. The largest absolute Gasteiger partial charge is 0.347 e. The summed E-state index contributed by atoms with van der Waals surface area (Å²) in [6.45, 7) is 3.49. The number of carbonyl (C=O) groups is 2. The molecule has 0 aromatic heterocycles. The van der Waals surface area contributed by atoms with Gasteiger partial charge in [-0.15, -0.1) is 0 Å². The molecule has 2 amide bonds. The summed E-state index contributed by atoms with van der Waals surface area (Å²) in [5.74, 6) is -0.00912. The van der Waals surface area contributed by atoms with Crippen molar-refractivity contribution in [3.05, 3.63) is 0 Å². The van der Waals surface area contributed by atoms with Gasteiger partial charge in [-0.2, -0.15) is 0 Å². The van der Waals surface area contributed by atoms with Gasteiger partial charge in [0.05, 0.1) is 0 Å². The Kier molecular flexibility index (Phi) is 4.73. The molecule has 2 N–H and O–H groups in total. The summed E-state index contributed by atoms with van der Waals surface area (Å²) in [6.07, 6.45) is 1.71. The van der Waals surface area contributed by atoms with Crippen molar-refractivity contribution >= 4 is 11.8 Å². The Morgan fingerprint density at radius 3 is 2.38 bits per heavy atom. The van der Waals surface area contributed by atoms with Gasteiger partial charge in [-0.05, 0) is 32.9 Å². The fourth-order valence-corrected chi connectivity index (χ4v) is 1.86. The monoisotopic (exact) mass is 227 g/mol. The van der Waals surface area contributed by atoms with Crippen LogP contribution < -0.4 is 10.6 Å². The lowest BCUT2D eigenvalue weighted by molar-refractivity contribution is -0.135. The zero-order valence-electron chi connectivity index (χ0n) is 10.2. The zero-order valence-corrected chi connectivity index (χ0v) is 10.2. The minimum absolute atomic E-state index is 0.00389. The second-order valence-electron chi connectivity index (χ2n) is 4.49. The van der Waals surface area contributed by atoms with Gasteiger partial charge in [-0.3, -0.25) is 9.59 Å². The molecular weight excluding hydrogens is 206 g/mol. The van der Waals surface area contributed by atoms with Gasteiger partial charge in [-0.25, -0.2) is 0 Å². The van der Waals surface area contributed by atoms with Crippen LogP contribution in [0.2, 0.25) is 0 Å². The van der Waals surface area contributed by atoms with Crippen LogP contribution in [0.15, 0.2) is 0 Å². The molecule has 0 spiro atoms. The number of amides is 2. The molecule has 0 aliphatic carbocycles. The number of hydrogen-bond acceptors (Lipinski definition) is 3. The first-order chi connectivity index (χ1) is 7.52. The number of carbonyl (C=O) groups excluding carboxylic acids is 2. The molecule has 1 aliphatic heterocycles. The molecule has 0 bridgehead atoms. The van der Waals surface area contributed by atoms with Crippen LogP contribution in [0.4, 0.5) is 0 Å². The van der Waals surface area contributed by atoms with Crippen molar-refractivity contribution in [1.29, 1.82) is 0 Å². The van der Waals surface area contributed by atoms with E-state index in [0.717, 1.165) is 25.9 Å². The third-order valence-electron chi connectivity index (χ3n) is 2.88. The maximum atomic E-state index is 11.8. The highest BCUT2D eigenvalue weighted by atomic mass is 16.2. The van der Waals surface area contributed by atoms with Crippen LogP contribution in [-0.4, -0.2) is 49.9 Å². The molecular formula is C11H21N3O2. The average molecular weight is 227 g/mol. The fourth-order valence-electron chi connectivity index (χ4n) is 1.86. The zero-order chi connectivity index (χ0) is 12.1. The Hall–Kier alpha value is -1.10. The van der Waals surface area contributed by atoms with E-state index in [1.807, 2.05) is 0 Å². The Morgan fingerprint density at radius 1 is 1.31 bits per heavy atom. The Labute approximate surface area is 96.6 Å². The number of likely N-dealkylation sites (N-methyl/N-ethyl adjacent to an activating group) is 1. The molecule has 0 aromatic rings. The first-order valence-corrected chi connectivity index (χ1v) is 5.74. The van der Waals surface area contributed by atoms with Gasteiger partial charge in [0, 0.05) is 20.0 Å². The van der Waals surface area contributed by atoms with Gasteiger partial charge in [-0.1, -0.05) is 0 Å². The smallest absolute Gasteiger partial charge is 0.244 e. The topological polar surface area (TPSA) is 61.4 Å². The van der Waals surface area contributed by atoms with Crippen molar-refractivity contribution < 1.29 is 9.59 Å². The van der Waals surface area contributed by atoms with E-state index in [1.165, 1.54) is 4.90 Å². The second-order valence-corrected chi connectivity index (χ2v) is 4.49. The standard InChI is InChI=1S/C11H21N3O2/c1-8(11(16)14(2)3)13-10(15)9-4-6-12-7-5-9/h8-9,12H,4-7H2,1-3H3,(H,13,15). The third-order valence-corrected chi connectivity index (χ3v) is 2.88. The van der Waals surface area contributed by atoms with Crippen LogP contribution in [0.5, 0.6) is 0 Å². The van der Waals surface area contributed by atoms with E-state index in [-0.39, 0.29) is 17.7 Å². The number of piperidine rings is 1. The lowest BCUT2D eigenvalue weighted by Crippen LogP contribution is -2.47. The van der Waals surface area contributed by atoms with Gasteiger partial charge in [0.15, 0.2) is 0 Å². The van der Waals surface area contributed by atoms with E-state index in [0.29, 0.717) is 0 Å². The van der Waals surface area contributed by atoms with Gasteiger partial charge in [0.25, 0.3) is 0 Å². The van der Waals surface area contributed by atoms with Crippen molar-refractivity contribution in [2.45, 2.75) is 25.8 Å². The lowest BCUT2D eigenvalue weighted by atomic mass is 9.97. The van der Waals surface area contributed by atoms with E-state index < -0.39 is 6.04 Å². The summed E-state index contributed by atoms with van der Waals surface area (Å²) in [5.41, 5.74) is 0. The van der Waals surface area contributed by atoms with Gasteiger partial charge in [0.2, 0.25) is 11.8 Å². The minimum Gasteiger partial charge on any atom is -0.347 e. The first-order valence-electron chi connectivity index (χ1n) is 5.74. The molecule has 0 aromatic carbocycles. The van der Waals surface area contributed by atoms with E-state index in [9.17, 15) is 9.59 Å². The molecule has 1 unspecified atom stereocenters. The van der Waals surface area contributed by atoms with Crippen LogP contribution in [0.3, 0.4) is 0 Å². The second kappa shape index (κ2) is 5.84. The molecule has 1 heterocycles. The molecule has 1 rings (SSSR count). The van der Waals surface area contributed by atoms with Crippen molar-refractivity contribution in [1.82, 2.24) is 15.5 Å². The quantitative estimate of drug-likeness (QED) is 0.688. The van der Waals surface area contributed by atoms with Gasteiger partial charge in [0.1, 0.15) is 6.04 Å². The average Bonchev–Trinajstić information content (AvgIpc) is 2.28. The number of nitrogens with zero attached hydrogens (tertiary/aromatic N) is 1. The first kappa shape index (κ1) is 13.0. The molecule has 0 radical (unpaired) electrons. The highest BCUT2D eigenvalue weighted by Gasteiger charge is 2.24. The molecule has 1 saturated heterocycles. The number of rotatable bonds is 3. The van der Waals surface area contributed by atoms with E-state index in [4.69, 9.17) is 0 Å². The Balaban J connectivity index is 2.40. The normalized spacial score (nSPS) is 18.9. The highest BCUT2D eigenvalue weighted by Crippen LogP contribution is 2.11. The van der Waals surface area contributed by atoms with Crippen molar-refractivity contribution in [2.24, 2.45) is 5.92 Å². The van der Waals surface area contributed by atoms with Crippen molar-refractivity contribution in [3.63, 3.8) is 0 Å². The predicted molar refractivity (Wildman–Crippen MR) is 61.9 cm³/mol. The SMILES string of the molecule is CC(NC(=O)C1CCNCC1)C(=O)N(C)C. The Morgan fingerprint density at radius 2 is 1.88 bits per heavy atom. The van der Waals surface area contributed by atoms with Crippen molar-refractivity contribution in [3.8, 4) is 0 Å². The van der Waals surface area contributed by atoms with Crippen LogP contribution in [-0.2, 0) is 9.59 Å². The van der Waals surface area contributed by atoms with Crippen LogP contribution in [0.1, 0.15) is 19.8 Å². The molecule has 5 heteroatoms. The Bertz CT molecular complexity index is 260. The maximum absolute atomic E-state index is 11.8. The summed E-state index contributed by atoms with van der Waals surface area (Å²) < 4.78 is 0. The van der Waals surface area contributed by atoms with Gasteiger partial charge < -0.3 is 15.5 Å². The minimum atomic E-state index is -0.433. The molecule has 1 fully saturated rings. The van der Waals surface area contributed by atoms with Crippen LogP contribution in [0.25, 0.3) is 0 Å². The summed E-state index contributed by atoms with van der Waals surface area (Å²) in [5, 5.41) is 5.98. The fraction of sp³-hybridized carbons (Fsp3) is 0.818. The van der Waals surface area contributed by atoms with Crippen molar-refractivity contribution in [2.75, 3.05) is 27.2 Å².